The standard InChI is InChI=1S/C13H16F3NO5/c14-13(15,16)22-8-1-7(2-8)21-3-9(18)17-12-4-11(5-12,6-12)10(19)20/h7-8H,1-6H2,(H,17,18)(H,19,20)/t7-,8+,11?,12?. The number of hydrogen-bond donors (Lipinski definition) is 2. The van der Waals surface area contributed by atoms with E-state index in [9.17, 15) is 22.8 Å². The van der Waals surface area contributed by atoms with Crippen molar-refractivity contribution in [1.29, 1.82) is 0 Å². The van der Waals surface area contributed by atoms with Crippen LogP contribution in [0.5, 0.6) is 0 Å². The highest BCUT2D eigenvalue weighted by molar-refractivity contribution is 5.84. The van der Waals surface area contributed by atoms with Crippen LogP contribution in [0.4, 0.5) is 13.2 Å². The van der Waals surface area contributed by atoms with Crippen LogP contribution in [0.3, 0.4) is 0 Å². The number of aliphatic carboxylic acids is 1. The fraction of sp³-hybridized carbons (Fsp3) is 0.846. The quantitative estimate of drug-likeness (QED) is 0.767. The van der Waals surface area contributed by atoms with Crippen molar-refractivity contribution >= 4 is 11.9 Å². The van der Waals surface area contributed by atoms with E-state index in [0.717, 1.165) is 0 Å². The molecule has 22 heavy (non-hydrogen) atoms. The van der Waals surface area contributed by atoms with Gasteiger partial charge in [-0.2, -0.15) is 0 Å². The van der Waals surface area contributed by atoms with Gasteiger partial charge >= 0.3 is 12.3 Å². The van der Waals surface area contributed by atoms with Gasteiger partial charge in [0.1, 0.15) is 6.61 Å². The van der Waals surface area contributed by atoms with Crippen LogP contribution in [0.15, 0.2) is 0 Å². The van der Waals surface area contributed by atoms with E-state index in [0.29, 0.717) is 19.3 Å². The number of ether oxygens (including phenoxy) is 2. The van der Waals surface area contributed by atoms with Crippen LogP contribution < -0.4 is 5.32 Å². The molecular weight excluding hydrogens is 307 g/mol. The summed E-state index contributed by atoms with van der Waals surface area (Å²) >= 11 is 0. The van der Waals surface area contributed by atoms with Crippen LogP contribution in [0, 0.1) is 5.41 Å². The van der Waals surface area contributed by atoms with Crippen molar-refractivity contribution in [3.63, 3.8) is 0 Å². The molecule has 4 aliphatic rings. The van der Waals surface area contributed by atoms with Crippen molar-refractivity contribution in [2.45, 2.75) is 56.2 Å². The second kappa shape index (κ2) is 4.82. The molecule has 0 spiro atoms. The molecule has 0 heterocycles. The molecule has 2 N–H and O–H groups in total. The smallest absolute Gasteiger partial charge is 0.481 e. The summed E-state index contributed by atoms with van der Waals surface area (Å²) < 4.78 is 44.8. The van der Waals surface area contributed by atoms with Gasteiger partial charge in [0.2, 0.25) is 5.91 Å². The van der Waals surface area contributed by atoms with Crippen molar-refractivity contribution in [2.75, 3.05) is 6.61 Å². The largest absolute Gasteiger partial charge is 0.522 e. The lowest BCUT2D eigenvalue weighted by Gasteiger charge is -2.67. The second-order valence-corrected chi connectivity index (χ2v) is 6.53. The van der Waals surface area contributed by atoms with Crippen molar-refractivity contribution in [3.05, 3.63) is 0 Å². The van der Waals surface area contributed by atoms with Gasteiger partial charge in [0.05, 0.1) is 17.6 Å². The number of carboxylic acid groups (broad SMARTS) is 1. The molecule has 0 unspecified atom stereocenters. The van der Waals surface area contributed by atoms with E-state index >= 15 is 0 Å². The lowest BCUT2D eigenvalue weighted by atomic mass is 9.39. The number of rotatable bonds is 6. The number of hydrogen-bond acceptors (Lipinski definition) is 4. The predicted octanol–water partition coefficient (Wildman–Crippen LogP) is 1.19. The van der Waals surface area contributed by atoms with Gasteiger partial charge in [-0.05, 0) is 19.3 Å². The Labute approximate surface area is 123 Å². The molecule has 0 aromatic rings. The topological polar surface area (TPSA) is 84.9 Å². The van der Waals surface area contributed by atoms with Gasteiger partial charge in [-0.3, -0.25) is 14.3 Å². The molecule has 6 nitrogen and oxygen atoms in total. The minimum Gasteiger partial charge on any atom is -0.481 e. The highest BCUT2D eigenvalue weighted by Crippen LogP contribution is 2.67. The van der Waals surface area contributed by atoms with Crippen LogP contribution in [0.25, 0.3) is 0 Å². The Kier molecular flexibility index (Phi) is 3.41. The maximum absolute atomic E-state index is 11.9. The Hall–Kier alpha value is -1.35. The summed E-state index contributed by atoms with van der Waals surface area (Å²) in [4.78, 5) is 22.6. The normalized spacial score (nSPS) is 39.2. The first-order valence-electron chi connectivity index (χ1n) is 7.02. The maximum Gasteiger partial charge on any atom is 0.522 e. The molecule has 1 amide bonds. The molecule has 4 fully saturated rings. The monoisotopic (exact) mass is 323 g/mol. The number of alkyl halides is 3. The zero-order valence-electron chi connectivity index (χ0n) is 11.6. The highest BCUT2D eigenvalue weighted by atomic mass is 19.4. The second-order valence-electron chi connectivity index (χ2n) is 6.53. The average molecular weight is 323 g/mol. The molecule has 0 aromatic heterocycles. The third kappa shape index (κ3) is 2.79. The molecule has 0 aliphatic heterocycles. The van der Waals surface area contributed by atoms with E-state index in [1.54, 1.807) is 0 Å². The van der Waals surface area contributed by atoms with Crippen molar-refractivity contribution < 1.29 is 37.3 Å². The van der Waals surface area contributed by atoms with Gasteiger partial charge in [-0.1, -0.05) is 0 Å². The Morgan fingerprint density at radius 2 is 1.77 bits per heavy atom. The van der Waals surface area contributed by atoms with Gasteiger partial charge in [-0.15, -0.1) is 13.2 Å². The molecule has 2 bridgehead atoms. The van der Waals surface area contributed by atoms with Gasteiger partial charge in [0.15, 0.2) is 0 Å². The van der Waals surface area contributed by atoms with Crippen LogP contribution in [-0.4, -0.2) is 47.7 Å². The van der Waals surface area contributed by atoms with Gasteiger partial charge in [-0.25, -0.2) is 0 Å². The van der Waals surface area contributed by atoms with Gasteiger partial charge in [0, 0.05) is 18.4 Å². The number of nitrogens with one attached hydrogen (secondary N) is 1. The summed E-state index contributed by atoms with van der Waals surface area (Å²) in [6.07, 6.45) is -4.42. The van der Waals surface area contributed by atoms with E-state index in [4.69, 9.17) is 9.84 Å². The minimum absolute atomic E-state index is 0.111. The number of carbonyl (C=O) groups excluding carboxylic acids is 1. The minimum atomic E-state index is -4.64. The van der Waals surface area contributed by atoms with Crippen LogP contribution in [-0.2, 0) is 19.1 Å². The predicted molar refractivity (Wildman–Crippen MR) is 64.7 cm³/mol. The molecule has 0 saturated heterocycles. The summed E-state index contributed by atoms with van der Waals surface area (Å²) in [7, 11) is 0. The molecule has 0 aromatic carbocycles. The number of halogens is 3. The fourth-order valence-corrected chi connectivity index (χ4v) is 3.61. The number of carbonyl (C=O) groups is 2. The van der Waals surface area contributed by atoms with Crippen molar-refractivity contribution in [2.24, 2.45) is 5.41 Å². The van der Waals surface area contributed by atoms with E-state index in [1.165, 1.54) is 0 Å². The first kappa shape index (κ1) is 15.5. The zero-order valence-corrected chi connectivity index (χ0v) is 11.6. The summed E-state index contributed by atoms with van der Waals surface area (Å²) in [6, 6.07) is 0. The SMILES string of the molecule is O=C(CO[C@H]1C[C@@H](OC(F)(F)F)C1)NC12CC(C(=O)O)(C1)C2. The first-order valence-corrected chi connectivity index (χ1v) is 7.02. The average Bonchev–Trinajstić information content (AvgIpc) is 2.22. The Balaban J connectivity index is 1.30. The summed E-state index contributed by atoms with van der Waals surface area (Å²) in [6.45, 7) is -0.231. The summed E-state index contributed by atoms with van der Waals surface area (Å²) in [5.41, 5.74) is -1.08. The Bertz CT molecular complexity index is 481. The third-order valence-electron chi connectivity index (χ3n) is 4.69. The van der Waals surface area contributed by atoms with E-state index < -0.39 is 35.5 Å². The molecule has 4 aliphatic carbocycles. The van der Waals surface area contributed by atoms with E-state index in [-0.39, 0.29) is 25.4 Å². The third-order valence-corrected chi connectivity index (χ3v) is 4.69. The van der Waals surface area contributed by atoms with Crippen molar-refractivity contribution in [3.8, 4) is 0 Å². The molecular formula is C13H16F3NO5. The van der Waals surface area contributed by atoms with Gasteiger partial charge in [0.25, 0.3) is 0 Å². The lowest BCUT2D eigenvalue weighted by molar-refractivity contribution is -0.357. The van der Waals surface area contributed by atoms with Crippen LogP contribution >= 0.6 is 0 Å². The van der Waals surface area contributed by atoms with Crippen LogP contribution in [0.1, 0.15) is 32.1 Å². The van der Waals surface area contributed by atoms with E-state index in [1.807, 2.05) is 0 Å². The summed E-state index contributed by atoms with van der Waals surface area (Å²) in [5.74, 6) is -1.19. The maximum atomic E-state index is 11.9. The fourth-order valence-electron chi connectivity index (χ4n) is 3.61. The molecule has 9 heteroatoms. The van der Waals surface area contributed by atoms with Gasteiger partial charge < -0.3 is 15.2 Å². The molecule has 0 radical (unpaired) electrons. The Morgan fingerprint density at radius 3 is 2.27 bits per heavy atom. The summed E-state index contributed by atoms with van der Waals surface area (Å²) in [5, 5.41) is 11.7. The zero-order chi connectivity index (χ0) is 16.2. The van der Waals surface area contributed by atoms with Crippen molar-refractivity contribution in [1.82, 2.24) is 5.32 Å². The lowest BCUT2D eigenvalue weighted by Crippen LogP contribution is -2.77. The van der Waals surface area contributed by atoms with Crippen LogP contribution in [0.2, 0.25) is 0 Å². The van der Waals surface area contributed by atoms with E-state index in [2.05, 4.69) is 10.1 Å². The molecule has 0 atom stereocenters. The Morgan fingerprint density at radius 1 is 1.18 bits per heavy atom. The molecule has 4 rings (SSSR count). The molecule has 124 valence electrons. The molecule has 4 saturated carbocycles. The highest BCUT2D eigenvalue weighted by Gasteiger charge is 2.72. The number of carboxylic acids is 1. The first-order chi connectivity index (χ1) is 10.1. The number of amides is 1.